The Balaban J connectivity index is 3.20. The molecular weight excluding hydrogens is 178 g/mol. The Labute approximate surface area is 84.0 Å². The van der Waals surface area contributed by atoms with Crippen molar-refractivity contribution in [2.24, 2.45) is 0 Å². The number of hydrogen-bond donors (Lipinski definition) is 0. The van der Waals surface area contributed by atoms with Crippen LogP contribution in [0.4, 0.5) is 5.82 Å². The third-order valence-corrected chi connectivity index (χ3v) is 1.90. The van der Waals surface area contributed by atoms with Gasteiger partial charge in [0.15, 0.2) is 12.1 Å². The lowest BCUT2D eigenvalue weighted by Gasteiger charge is -2.13. The van der Waals surface area contributed by atoms with Crippen LogP contribution in [0.5, 0.6) is 0 Å². The summed E-state index contributed by atoms with van der Waals surface area (Å²) in [5, 5.41) is 0. The first-order valence-electron chi connectivity index (χ1n) is 4.56. The zero-order chi connectivity index (χ0) is 10.7. The van der Waals surface area contributed by atoms with Crippen LogP contribution in [0, 0.1) is 0 Å². The van der Waals surface area contributed by atoms with Crippen molar-refractivity contribution in [2.45, 2.75) is 19.8 Å². The Morgan fingerprint density at radius 3 is 2.43 bits per heavy atom. The summed E-state index contributed by atoms with van der Waals surface area (Å²) in [7, 11) is 3.78. The van der Waals surface area contributed by atoms with Crippen molar-refractivity contribution in [3.05, 3.63) is 17.6 Å². The number of aromatic nitrogens is 2. The minimum absolute atomic E-state index is 0.250. The number of carbonyl (C=O) groups is 1. The third kappa shape index (κ3) is 2.28. The largest absolute Gasteiger partial charge is 0.363 e. The molecule has 0 unspecified atom stereocenters. The van der Waals surface area contributed by atoms with Crippen molar-refractivity contribution in [1.29, 1.82) is 0 Å². The van der Waals surface area contributed by atoms with Gasteiger partial charge in [-0.3, -0.25) is 4.79 Å². The fourth-order valence-electron chi connectivity index (χ4n) is 1.05. The molecule has 0 radical (unpaired) electrons. The summed E-state index contributed by atoms with van der Waals surface area (Å²) in [6, 6.07) is 1.90. The van der Waals surface area contributed by atoms with Crippen LogP contribution in [0.1, 0.15) is 36.1 Å². The van der Waals surface area contributed by atoms with Gasteiger partial charge in [-0.15, -0.1) is 0 Å². The number of carbonyl (C=O) groups excluding carboxylic acids is 1. The first-order chi connectivity index (χ1) is 6.54. The molecule has 1 heterocycles. The normalized spacial score (nSPS) is 10.4. The molecule has 1 rings (SSSR count). The molecule has 0 atom stereocenters. The molecule has 0 saturated heterocycles. The molecule has 0 spiro atoms. The van der Waals surface area contributed by atoms with Gasteiger partial charge >= 0.3 is 0 Å². The van der Waals surface area contributed by atoms with Crippen molar-refractivity contribution in [2.75, 3.05) is 19.0 Å². The van der Waals surface area contributed by atoms with Crippen molar-refractivity contribution >= 4 is 12.1 Å². The molecule has 0 aromatic carbocycles. The lowest BCUT2D eigenvalue weighted by Crippen LogP contribution is -2.13. The van der Waals surface area contributed by atoms with Gasteiger partial charge in [0.25, 0.3) is 0 Å². The van der Waals surface area contributed by atoms with Gasteiger partial charge in [-0.2, -0.15) is 0 Å². The van der Waals surface area contributed by atoms with Gasteiger partial charge < -0.3 is 4.90 Å². The Morgan fingerprint density at radius 2 is 2.00 bits per heavy atom. The fraction of sp³-hybridized carbons (Fsp3) is 0.500. The Kier molecular flexibility index (Phi) is 3.17. The molecule has 76 valence electrons. The van der Waals surface area contributed by atoms with E-state index in [2.05, 4.69) is 9.97 Å². The second kappa shape index (κ2) is 4.17. The first kappa shape index (κ1) is 10.6. The summed E-state index contributed by atoms with van der Waals surface area (Å²) in [5.74, 6) is 1.32. The number of anilines is 1. The maximum atomic E-state index is 10.6. The van der Waals surface area contributed by atoms with Crippen LogP contribution < -0.4 is 4.90 Å². The maximum absolute atomic E-state index is 10.6. The first-order valence-corrected chi connectivity index (χ1v) is 4.56. The van der Waals surface area contributed by atoms with E-state index in [1.165, 1.54) is 0 Å². The van der Waals surface area contributed by atoms with Crippen LogP contribution in [-0.4, -0.2) is 30.3 Å². The second-order valence-electron chi connectivity index (χ2n) is 3.68. The van der Waals surface area contributed by atoms with E-state index in [1.807, 2.05) is 38.9 Å². The molecule has 1 aromatic rings. The van der Waals surface area contributed by atoms with Crippen LogP contribution in [0.25, 0.3) is 0 Å². The maximum Gasteiger partial charge on any atom is 0.194 e. The van der Waals surface area contributed by atoms with E-state index in [9.17, 15) is 4.79 Å². The van der Waals surface area contributed by atoms with Gasteiger partial charge in [0.2, 0.25) is 0 Å². The predicted molar refractivity (Wildman–Crippen MR) is 55.8 cm³/mol. The predicted octanol–water partition coefficient (Wildman–Crippen LogP) is 1.48. The van der Waals surface area contributed by atoms with Crippen molar-refractivity contribution in [3.63, 3.8) is 0 Å². The van der Waals surface area contributed by atoms with Gasteiger partial charge in [-0.25, -0.2) is 9.97 Å². The fourth-order valence-corrected chi connectivity index (χ4v) is 1.05. The molecular formula is C10H15N3O. The van der Waals surface area contributed by atoms with E-state index in [4.69, 9.17) is 0 Å². The van der Waals surface area contributed by atoms with Crippen molar-refractivity contribution < 1.29 is 4.79 Å². The number of nitrogens with zero attached hydrogens (tertiary/aromatic N) is 3. The van der Waals surface area contributed by atoms with Crippen LogP contribution >= 0.6 is 0 Å². The van der Waals surface area contributed by atoms with E-state index in [1.54, 1.807) is 0 Å². The highest BCUT2D eigenvalue weighted by Gasteiger charge is 2.07. The summed E-state index contributed by atoms with van der Waals surface area (Å²) in [6.07, 6.45) is 0.679. The standard InChI is InChI=1S/C10H15N3O/c1-7(2)8-5-10(13(3)4)12-9(6-14)11-8/h5-7H,1-4H3. The van der Waals surface area contributed by atoms with E-state index < -0.39 is 0 Å². The molecule has 0 fully saturated rings. The lowest BCUT2D eigenvalue weighted by molar-refractivity contribution is 0.111. The van der Waals surface area contributed by atoms with Crippen LogP contribution in [0.15, 0.2) is 6.07 Å². The van der Waals surface area contributed by atoms with Crippen LogP contribution in [-0.2, 0) is 0 Å². The Bertz CT molecular complexity index is 308. The number of rotatable bonds is 3. The molecule has 0 saturated carbocycles. The minimum Gasteiger partial charge on any atom is -0.363 e. The molecule has 1 aromatic heterocycles. The Hall–Kier alpha value is -1.45. The van der Waals surface area contributed by atoms with Crippen molar-refractivity contribution in [3.8, 4) is 0 Å². The monoisotopic (exact) mass is 193 g/mol. The summed E-state index contributed by atoms with van der Waals surface area (Å²) in [5.41, 5.74) is 0.894. The molecule has 0 bridgehead atoms. The summed E-state index contributed by atoms with van der Waals surface area (Å²) in [6.45, 7) is 4.08. The number of hydrogen-bond acceptors (Lipinski definition) is 4. The number of aldehydes is 1. The zero-order valence-electron chi connectivity index (χ0n) is 8.98. The summed E-state index contributed by atoms with van der Waals surface area (Å²) in [4.78, 5) is 20.7. The van der Waals surface area contributed by atoms with Gasteiger partial charge in [-0.05, 0) is 5.92 Å². The summed E-state index contributed by atoms with van der Waals surface area (Å²) >= 11 is 0. The quantitative estimate of drug-likeness (QED) is 0.682. The summed E-state index contributed by atoms with van der Waals surface area (Å²) < 4.78 is 0. The van der Waals surface area contributed by atoms with Gasteiger partial charge in [-0.1, -0.05) is 13.8 Å². The zero-order valence-corrected chi connectivity index (χ0v) is 8.98. The van der Waals surface area contributed by atoms with Crippen LogP contribution in [0.2, 0.25) is 0 Å². The molecule has 0 aliphatic carbocycles. The molecule has 0 N–H and O–H groups in total. The van der Waals surface area contributed by atoms with E-state index in [-0.39, 0.29) is 5.82 Å². The highest BCUT2D eigenvalue weighted by atomic mass is 16.1. The highest BCUT2D eigenvalue weighted by molar-refractivity contribution is 5.69. The average Bonchev–Trinajstić information content (AvgIpc) is 2.16. The molecule has 4 heteroatoms. The van der Waals surface area contributed by atoms with Gasteiger partial charge in [0.1, 0.15) is 5.82 Å². The topological polar surface area (TPSA) is 46.1 Å². The smallest absolute Gasteiger partial charge is 0.194 e. The molecule has 4 nitrogen and oxygen atoms in total. The second-order valence-corrected chi connectivity index (χ2v) is 3.68. The molecule has 14 heavy (non-hydrogen) atoms. The van der Waals surface area contributed by atoms with Gasteiger partial charge in [0, 0.05) is 25.9 Å². The lowest BCUT2D eigenvalue weighted by atomic mass is 10.1. The van der Waals surface area contributed by atoms with Gasteiger partial charge in [0.05, 0.1) is 0 Å². The van der Waals surface area contributed by atoms with Crippen LogP contribution in [0.3, 0.4) is 0 Å². The van der Waals surface area contributed by atoms with E-state index in [0.29, 0.717) is 12.2 Å². The van der Waals surface area contributed by atoms with Crippen molar-refractivity contribution in [1.82, 2.24) is 9.97 Å². The average molecular weight is 193 g/mol. The Morgan fingerprint density at radius 1 is 1.36 bits per heavy atom. The molecule has 0 aliphatic heterocycles. The SMILES string of the molecule is CC(C)c1cc(N(C)C)nc(C=O)n1. The third-order valence-electron chi connectivity index (χ3n) is 1.90. The highest BCUT2D eigenvalue weighted by Crippen LogP contribution is 2.16. The van der Waals surface area contributed by atoms with E-state index in [0.717, 1.165) is 11.5 Å². The van der Waals surface area contributed by atoms with E-state index >= 15 is 0 Å². The molecule has 0 aliphatic rings. The minimum atomic E-state index is 0.250. The molecule has 0 amide bonds.